The molecule has 1 aromatic rings. The molecular formula is C35H53N3O7. The Morgan fingerprint density at radius 1 is 0.978 bits per heavy atom. The van der Waals surface area contributed by atoms with E-state index in [9.17, 15) is 24.3 Å². The van der Waals surface area contributed by atoms with E-state index in [1.165, 1.54) is 22.9 Å². The summed E-state index contributed by atoms with van der Waals surface area (Å²) in [4.78, 5) is 52.1. The zero-order valence-electron chi connectivity index (χ0n) is 28.2. The van der Waals surface area contributed by atoms with Gasteiger partial charge in [0.05, 0.1) is 18.4 Å². The maximum atomic E-state index is 13.0. The minimum Gasteiger partial charge on any atom is -0.444 e. The molecule has 0 saturated heterocycles. The van der Waals surface area contributed by atoms with Crippen LogP contribution in [0.3, 0.4) is 0 Å². The van der Waals surface area contributed by atoms with Crippen LogP contribution < -0.4 is 10.9 Å². The number of fused-ring (bicyclic) bond motifs is 5. The second kappa shape index (κ2) is 12.0. The van der Waals surface area contributed by atoms with Crippen molar-refractivity contribution in [2.24, 2.45) is 28.6 Å². The molecule has 45 heavy (non-hydrogen) atoms. The van der Waals surface area contributed by atoms with Crippen molar-refractivity contribution < 1.29 is 28.6 Å². The Morgan fingerprint density at radius 3 is 2.38 bits per heavy atom. The van der Waals surface area contributed by atoms with Crippen molar-refractivity contribution in [3.8, 4) is 0 Å². The second-order valence-corrected chi connectivity index (χ2v) is 16.0. The number of aliphatic hydroxyl groups is 1. The molecule has 2 N–H and O–H groups in total. The van der Waals surface area contributed by atoms with Gasteiger partial charge in [0.2, 0.25) is 11.8 Å². The number of carbonyl (C=O) groups is 3. The average Bonchev–Trinajstić information content (AvgIpc) is 3.23. The van der Waals surface area contributed by atoms with Gasteiger partial charge in [-0.1, -0.05) is 13.8 Å². The third-order valence-corrected chi connectivity index (χ3v) is 12.2. The smallest absolute Gasteiger partial charge is 0.410 e. The molecular weight excluding hydrogens is 574 g/mol. The van der Waals surface area contributed by atoms with Gasteiger partial charge < -0.3 is 29.4 Å². The van der Waals surface area contributed by atoms with Crippen LogP contribution in [-0.4, -0.2) is 77.2 Å². The zero-order valence-corrected chi connectivity index (χ0v) is 28.2. The molecule has 1 heterocycles. The first kappa shape index (κ1) is 33.5. The van der Waals surface area contributed by atoms with E-state index in [0.717, 1.165) is 63.4 Å². The van der Waals surface area contributed by atoms with Gasteiger partial charge in [0, 0.05) is 31.6 Å². The van der Waals surface area contributed by atoms with Crippen LogP contribution in [0.2, 0.25) is 0 Å². The fraction of sp³-hybridized carbons (Fsp3) is 0.771. The molecule has 4 aliphatic rings. The highest BCUT2D eigenvalue weighted by molar-refractivity contribution is 5.87. The lowest BCUT2D eigenvalue weighted by Crippen LogP contribution is -2.62. The van der Waals surface area contributed by atoms with Crippen LogP contribution in [0.25, 0.3) is 0 Å². The quantitative estimate of drug-likeness (QED) is 0.468. The molecule has 0 radical (unpaired) electrons. The van der Waals surface area contributed by atoms with Crippen LogP contribution >= 0.6 is 0 Å². The van der Waals surface area contributed by atoms with E-state index in [2.05, 4.69) is 19.2 Å². The Morgan fingerprint density at radius 2 is 1.71 bits per heavy atom. The first-order valence-corrected chi connectivity index (χ1v) is 16.8. The van der Waals surface area contributed by atoms with E-state index >= 15 is 0 Å². The van der Waals surface area contributed by atoms with Crippen LogP contribution in [-0.2, 0) is 14.3 Å². The molecule has 3 amide bonds. The van der Waals surface area contributed by atoms with Crippen molar-refractivity contribution in [3.05, 3.63) is 34.4 Å². The number of carbonyl (C=O) groups excluding carboxylic acids is 3. The number of ether oxygens (including phenoxy) is 1. The largest absolute Gasteiger partial charge is 0.444 e. The monoisotopic (exact) mass is 627 g/mol. The van der Waals surface area contributed by atoms with Crippen molar-refractivity contribution in [1.29, 1.82) is 0 Å². The maximum Gasteiger partial charge on any atom is 0.410 e. The Labute approximate surface area is 267 Å². The Bertz CT molecular complexity index is 1330. The van der Waals surface area contributed by atoms with E-state index in [1.807, 2.05) is 6.07 Å². The Kier molecular flexibility index (Phi) is 8.96. The van der Waals surface area contributed by atoms with E-state index in [0.29, 0.717) is 11.8 Å². The van der Waals surface area contributed by atoms with Crippen molar-refractivity contribution in [1.82, 2.24) is 15.1 Å². The van der Waals surface area contributed by atoms with Crippen LogP contribution in [0.5, 0.6) is 0 Å². The van der Waals surface area contributed by atoms with Gasteiger partial charge in [-0.05, 0) is 119 Å². The maximum absolute atomic E-state index is 13.0. The van der Waals surface area contributed by atoms with Gasteiger partial charge in [-0.2, -0.15) is 0 Å². The fourth-order valence-corrected chi connectivity index (χ4v) is 9.76. The lowest BCUT2D eigenvalue weighted by Gasteiger charge is -2.63. The summed E-state index contributed by atoms with van der Waals surface area (Å²) in [5.74, 6) is 0.790. The van der Waals surface area contributed by atoms with Crippen molar-refractivity contribution in [2.75, 3.05) is 27.2 Å². The summed E-state index contributed by atoms with van der Waals surface area (Å²) in [6.07, 6.45) is 9.50. The molecule has 5 rings (SSSR count). The van der Waals surface area contributed by atoms with Gasteiger partial charge in [-0.25, -0.2) is 9.59 Å². The molecule has 1 aromatic heterocycles. The van der Waals surface area contributed by atoms with Crippen LogP contribution in [0.4, 0.5) is 4.79 Å². The summed E-state index contributed by atoms with van der Waals surface area (Å²) in [5, 5.41) is 15.7. The predicted molar refractivity (Wildman–Crippen MR) is 169 cm³/mol. The third kappa shape index (κ3) is 6.28. The molecule has 10 heteroatoms. The third-order valence-electron chi connectivity index (χ3n) is 12.2. The van der Waals surface area contributed by atoms with Crippen LogP contribution in [0, 0.1) is 28.6 Å². The van der Waals surface area contributed by atoms with Crippen molar-refractivity contribution in [2.45, 2.75) is 116 Å². The topological polar surface area (TPSA) is 129 Å². The van der Waals surface area contributed by atoms with Crippen molar-refractivity contribution >= 4 is 17.9 Å². The number of nitrogens with zero attached hydrogens (tertiary/aromatic N) is 2. The molecule has 0 aliphatic heterocycles. The zero-order chi connectivity index (χ0) is 32.9. The summed E-state index contributed by atoms with van der Waals surface area (Å²) >= 11 is 0. The van der Waals surface area contributed by atoms with E-state index < -0.39 is 17.3 Å². The second-order valence-electron chi connectivity index (χ2n) is 16.0. The summed E-state index contributed by atoms with van der Waals surface area (Å²) in [7, 11) is 3.08. The van der Waals surface area contributed by atoms with Gasteiger partial charge in [0.15, 0.2) is 0 Å². The highest BCUT2D eigenvalue weighted by atomic mass is 16.6. The van der Waals surface area contributed by atoms with Gasteiger partial charge in [0.25, 0.3) is 0 Å². The molecule has 0 spiro atoms. The fourth-order valence-electron chi connectivity index (χ4n) is 9.76. The Hall–Kier alpha value is -2.88. The average molecular weight is 628 g/mol. The van der Waals surface area contributed by atoms with Gasteiger partial charge in [0.1, 0.15) is 12.1 Å². The predicted octanol–water partition coefficient (Wildman–Crippen LogP) is 4.69. The number of amides is 3. The van der Waals surface area contributed by atoms with Crippen molar-refractivity contribution in [3.63, 3.8) is 0 Å². The number of likely N-dealkylation sites (N-methyl/N-ethyl adjacent to an activating group) is 2. The lowest BCUT2D eigenvalue weighted by atomic mass is 9.43. The minimum atomic E-state index is -0.746. The highest BCUT2D eigenvalue weighted by Gasteiger charge is 2.67. The van der Waals surface area contributed by atoms with Crippen LogP contribution in [0.1, 0.15) is 104 Å². The molecule has 10 nitrogen and oxygen atoms in total. The summed E-state index contributed by atoms with van der Waals surface area (Å²) < 4.78 is 10.5. The standard InChI is InChI=1S/C35H53N3O7/c1-32(2,3)45-31(42)38(7)20-29(40)37(6)19-28(39)36-24-12-15-33(4)23(18-24)9-10-27-26(33)13-16-34(5)25(14-17-35(27,34)43)22-8-11-30(41)44-21-22/h8,11,21,23-27,43H,9-10,12-20H2,1-7H3,(H,36,39)/t23-,24+,25-,26+,27-,33+,34-,35+/m1/s1. The molecule has 4 fully saturated rings. The number of nitrogens with one attached hydrogen (secondary N) is 1. The molecule has 0 bridgehead atoms. The van der Waals surface area contributed by atoms with E-state index in [4.69, 9.17) is 9.15 Å². The van der Waals surface area contributed by atoms with E-state index in [1.54, 1.807) is 34.1 Å². The number of hydrogen-bond acceptors (Lipinski definition) is 7. The molecule has 4 saturated carbocycles. The summed E-state index contributed by atoms with van der Waals surface area (Å²) in [5.41, 5.74) is -0.876. The molecule has 4 aliphatic carbocycles. The van der Waals surface area contributed by atoms with Gasteiger partial charge in [-0.15, -0.1) is 0 Å². The Balaban J connectivity index is 1.16. The number of rotatable bonds is 6. The normalized spacial score (nSPS) is 35.8. The molecule has 0 aromatic carbocycles. The number of hydrogen-bond donors (Lipinski definition) is 2. The first-order valence-electron chi connectivity index (χ1n) is 16.8. The minimum absolute atomic E-state index is 0.0561. The molecule has 0 unspecified atom stereocenters. The SMILES string of the molecule is CN(CC(=O)N[C@H]1CC[C@@]2(C)[C@H](CC[C@@H]3[C@@H]2CC[C@]2(C)[C@@H](c4ccc(=O)oc4)CC[C@]32O)C1)C(=O)CN(C)C(=O)OC(C)(C)C. The summed E-state index contributed by atoms with van der Waals surface area (Å²) in [6, 6.07) is 3.43. The van der Waals surface area contributed by atoms with Crippen LogP contribution in [0.15, 0.2) is 27.6 Å². The lowest BCUT2D eigenvalue weighted by molar-refractivity contribution is -0.202. The molecule has 8 atom stereocenters. The van der Waals surface area contributed by atoms with Gasteiger partial charge in [-0.3, -0.25) is 9.59 Å². The summed E-state index contributed by atoms with van der Waals surface area (Å²) in [6.45, 7) is 9.75. The highest BCUT2D eigenvalue weighted by Crippen LogP contribution is 2.70. The van der Waals surface area contributed by atoms with E-state index in [-0.39, 0.29) is 59.2 Å². The first-order chi connectivity index (χ1) is 21.0. The molecule has 250 valence electrons. The van der Waals surface area contributed by atoms with Gasteiger partial charge >= 0.3 is 11.7 Å².